The molecular formula is C32H35N5O4S2. The number of rotatable bonds is 12. The van der Waals surface area contributed by atoms with Gasteiger partial charge in [0.2, 0.25) is 5.91 Å². The molecule has 2 aromatic carbocycles. The van der Waals surface area contributed by atoms with E-state index in [1.807, 2.05) is 54.8 Å². The molecule has 0 fully saturated rings. The van der Waals surface area contributed by atoms with Crippen molar-refractivity contribution in [3.63, 3.8) is 0 Å². The van der Waals surface area contributed by atoms with E-state index in [-0.39, 0.29) is 30.7 Å². The third kappa shape index (κ3) is 7.34. The molecule has 5 rings (SSSR count). The molecule has 0 aliphatic heterocycles. The Balaban J connectivity index is 1.28. The van der Waals surface area contributed by atoms with Crippen LogP contribution in [0.2, 0.25) is 0 Å². The average Bonchev–Trinajstić information content (AvgIpc) is 3.70. The maximum Gasteiger partial charge on any atom is 0.341 e. The van der Waals surface area contributed by atoms with Crippen molar-refractivity contribution in [3.8, 4) is 0 Å². The first-order valence-electron chi connectivity index (χ1n) is 14.4. The second kappa shape index (κ2) is 14.0. The fourth-order valence-corrected chi connectivity index (χ4v) is 7.09. The molecule has 11 heteroatoms. The van der Waals surface area contributed by atoms with Crippen molar-refractivity contribution in [1.29, 1.82) is 0 Å². The molecule has 2 N–H and O–H groups in total. The van der Waals surface area contributed by atoms with E-state index in [0.717, 1.165) is 52.8 Å². The van der Waals surface area contributed by atoms with Crippen LogP contribution < -0.4 is 10.6 Å². The predicted molar refractivity (Wildman–Crippen MR) is 169 cm³/mol. The molecule has 0 saturated carbocycles. The number of hydrogen-bond acceptors (Lipinski definition) is 8. The fourth-order valence-electron chi connectivity index (χ4n) is 5.02. The van der Waals surface area contributed by atoms with Crippen molar-refractivity contribution in [3.05, 3.63) is 92.6 Å². The van der Waals surface area contributed by atoms with Gasteiger partial charge in [-0.25, -0.2) is 4.79 Å². The molecule has 43 heavy (non-hydrogen) atoms. The Kier molecular flexibility index (Phi) is 9.93. The highest BCUT2D eigenvalue weighted by molar-refractivity contribution is 7.99. The van der Waals surface area contributed by atoms with Crippen LogP contribution >= 0.6 is 23.1 Å². The second-order valence-corrected chi connectivity index (χ2v) is 12.4. The number of aromatic nitrogens is 3. The van der Waals surface area contributed by atoms with Crippen LogP contribution in [0.25, 0.3) is 0 Å². The summed E-state index contributed by atoms with van der Waals surface area (Å²) in [5.41, 5.74) is 5.42. The van der Waals surface area contributed by atoms with Crippen LogP contribution in [0.3, 0.4) is 0 Å². The van der Waals surface area contributed by atoms with E-state index < -0.39 is 5.97 Å². The summed E-state index contributed by atoms with van der Waals surface area (Å²) < 4.78 is 7.24. The predicted octanol–water partition coefficient (Wildman–Crippen LogP) is 5.53. The van der Waals surface area contributed by atoms with Crippen molar-refractivity contribution >= 4 is 45.9 Å². The van der Waals surface area contributed by atoms with E-state index in [9.17, 15) is 14.4 Å². The molecule has 1 aliphatic carbocycles. The van der Waals surface area contributed by atoms with Gasteiger partial charge in [0.1, 0.15) is 5.00 Å². The van der Waals surface area contributed by atoms with Gasteiger partial charge in [0.15, 0.2) is 11.0 Å². The van der Waals surface area contributed by atoms with E-state index in [1.165, 1.54) is 23.1 Å². The van der Waals surface area contributed by atoms with Crippen molar-refractivity contribution in [2.75, 3.05) is 17.7 Å². The molecule has 2 aromatic heterocycles. The number of anilines is 1. The molecule has 0 bridgehead atoms. The van der Waals surface area contributed by atoms with Crippen molar-refractivity contribution in [2.24, 2.45) is 0 Å². The topological polar surface area (TPSA) is 115 Å². The Morgan fingerprint density at radius 2 is 1.86 bits per heavy atom. The van der Waals surface area contributed by atoms with Gasteiger partial charge in [0, 0.05) is 17.0 Å². The summed E-state index contributed by atoms with van der Waals surface area (Å²) in [6, 6.07) is 15.7. The maximum absolute atomic E-state index is 13.1. The van der Waals surface area contributed by atoms with Gasteiger partial charge in [-0.05, 0) is 80.8 Å². The summed E-state index contributed by atoms with van der Waals surface area (Å²) in [7, 11) is 0. The molecule has 0 saturated heterocycles. The maximum atomic E-state index is 13.1. The molecule has 0 unspecified atom stereocenters. The molecule has 0 radical (unpaired) electrons. The number of fused-ring (bicyclic) bond motifs is 1. The van der Waals surface area contributed by atoms with E-state index in [4.69, 9.17) is 4.74 Å². The van der Waals surface area contributed by atoms with Crippen LogP contribution in [-0.2, 0) is 41.9 Å². The van der Waals surface area contributed by atoms with Gasteiger partial charge in [-0.15, -0.1) is 21.5 Å². The Morgan fingerprint density at radius 3 is 2.63 bits per heavy atom. The number of hydrogen-bond donors (Lipinski definition) is 2. The van der Waals surface area contributed by atoms with Crippen LogP contribution in [0, 0.1) is 13.8 Å². The zero-order chi connectivity index (χ0) is 30.3. The minimum absolute atomic E-state index is 0.0866. The van der Waals surface area contributed by atoms with Gasteiger partial charge in [0.05, 0.1) is 24.5 Å². The molecule has 2 amide bonds. The Morgan fingerprint density at radius 1 is 1.05 bits per heavy atom. The van der Waals surface area contributed by atoms with Crippen LogP contribution in [0.15, 0.2) is 53.7 Å². The minimum Gasteiger partial charge on any atom is -0.462 e. The van der Waals surface area contributed by atoms with E-state index in [1.54, 1.807) is 6.92 Å². The van der Waals surface area contributed by atoms with E-state index >= 15 is 0 Å². The normalized spacial score (nSPS) is 12.2. The van der Waals surface area contributed by atoms with Gasteiger partial charge in [-0.1, -0.05) is 48.2 Å². The second-order valence-electron chi connectivity index (χ2n) is 10.4. The van der Waals surface area contributed by atoms with Gasteiger partial charge in [0.25, 0.3) is 5.91 Å². The first-order chi connectivity index (χ1) is 20.8. The van der Waals surface area contributed by atoms with Crippen LogP contribution in [0.1, 0.15) is 67.0 Å². The third-order valence-corrected chi connectivity index (χ3v) is 9.60. The first-order valence-corrected chi connectivity index (χ1v) is 16.2. The summed E-state index contributed by atoms with van der Waals surface area (Å²) in [6.45, 7) is 6.83. The average molecular weight is 618 g/mol. The highest BCUT2D eigenvalue weighted by Crippen LogP contribution is 2.39. The van der Waals surface area contributed by atoms with E-state index in [0.29, 0.717) is 33.7 Å². The number of nitrogens with one attached hydrogen (secondary N) is 2. The largest absolute Gasteiger partial charge is 0.462 e. The van der Waals surface area contributed by atoms with Gasteiger partial charge in [-0.2, -0.15) is 0 Å². The lowest BCUT2D eigenvalue weighted by Crippen LogP contribution is -2.25. The fraction of sp³-hybridized carbons (Fsp3) is 0.344. The summed E-state index contributed by atoms with van der Waals surface area (Å²) in [5, 5.41) is 15.8. The monoisotopic (exact) mass is 617 g/mol. The Hall–Kier alpha value is -3.96. The number of nitrogens with zero attached hydrogens (tertiary/aromatic N) is 3. The zero-order valence-corrected chi connectivity index (χ0v) is 26.2. The number of esters is 1. The summed E-state index contributed by atoms with van der Waals surface area (Å²) >= 11 is 2.73. The number of carbonyl (C=O) groups is 3. The van der Waals surface area contributed by atoms with Crippen LogP contribution in [-0.4, -0.2) is 44.9 Å². The number of amides is 2. The first kappa shape index (κ1) is 30.5. The summed E-state index contributed by atoms with van der Waals surface area (Å²) in [5.74, 6) is -0.121. The molecule has 0 spiro atoms. The zero-order valence-electron chi connectivity index (χ0n) is 24.6. The molecule has 9 nitrogen and oxygen atoms in total. The van der Waals surface area contributed by atoms with Crippen LogP contribution in [0.4, 0.5) is 5.00 Å². The quantitative estimate of drug-likeness (QED) is 0.159. The lowest BCUT2D eigenvalue weighted by molar-refractivity contribution is -0.113. The number of ether oxygens (including phenoxy) is 1. The minimum atomic E-state index is -0.391. The van der Waals surface area contributed by atoms with Crippen LogP contribution in [0.5, 0.6) is 0 Å². The number of carbonyl (C=O) groups excluding carboxylic acids is 3. The molecule has 4 aromatic rings. The van der Waals surface area contributed by atoms with Gasteiger partial charge >= 0.3 is 5.97 Å². The third-order valence-electron chi connectivity index (χ3n) is 7.42. The highest BCUT2D eigenvalue weighted by atomic mass is 32.2. The SMILES string of the molecule is CCOC(=O)c1c(NC(=O)CSc2nnc(CNC(=O)c3ccc(C)c(C)c3)n2CCc2ccccc2)sc2c1CCC2. The van der Waals surface area contributed by atoms with Crippen molar-refractivity contribution in [2.45, 2.75) is 64.7 Å². The standard InChI is InChI=1S/C32H35N5O4S2/c1-4-41-31(40)28-24-11-8-12-25(24)43-30(28)34-27(38)19-42-32-36-35-26(37(32)16-15-22-9-6-5-7-10-22)18-33-29(39)23-14-13-20(2)21(3)17-23/h5-7,9-10,13-14,17H,4,8,11-12,15-16,18-19H2,1-3H3,(H,33,39)(H,34,38). The molecule has 224 valence electrons. The van der Waals surface area contributed by atoms with Gasteiger partial charge in [-0.3, -0.25) is 9.59 Å². The van der Waals surface area contributed by atoms with Gasteiger partial charge < -0.3 is 19.9 Å². The number of thioether (sulfide) groups is 1. The number of aryl methyl sites for hydroxylation is 4. The number of thiophene rings is 1. The molecule has 2 heterocycles. The van der Waals surface area contributed by atoms with E-state index in [2.05, 4.69) is 33.0 Å². The smallest absolute Gasteiger partial charge is 0.341 e. The Labute approximate surface area is 259 Å². The Bertz CT molecular complexity index is 1630. The number of benzene rings is 2. The summed E-state index contributed by atoms with van der Waals surface area (Å²) in [4.78, 5) is 39.8. The van der Waals surface area contributed by atoms with Crippen molar-refractivity contribution < 1.29 is 19.1 Å². The summed E-state index contributed by atoms with van der Waals surface area (Å²) in [6.07, 6.45) is 3.46. The molecular weight excluding hydrogens is 583 g/mol. The molecule has 1 aliphatic rings. The van der Waals surface area contributed by atoms with Crippen molar-refractivity contribution in [1.82, 2.24) is 20.1 Å². The lowest BCUT2D eigenvalue weighted by atomic mass is 10.1. The highest BCUT2D eigenvalue weighted by Gasteiger charge is 2.28. The lowest BCUT2D eigenvalue weighted by Gasteiger charge is -2.12. The molecule has 0 atom stereocenters.